The van der Waals surface area contributed by atoms with Gasteiger partial charge in [0, 0.05) is 12.1 Å². The fourth-order valence-corrected chi connectivity index (χ4v) is 2.30. The van der Waals surface area contributed by atoms with E-state index >= 15 is 0 Å². The van der Waals surface area contributed by atoms with Crippen LogP contribution in [0, 0.1) is 0 Å². The number of hydrazone groups is 1. The minimum Gasteiger partial charge on any atom is -0.266 e. The lowest BCUT2D eigenvalue weighted by atomic mass is 10.2. The number of aryl methyl sites for hydroxylation is 2. The molecule has 0 unspecified atom stereocenters. The first-order valence-electron chi connectivity index (χ1n) is 6.33. The van der Waals surface area contributed by atoms with Gasteiger partial charge in [0.15, 0.2) is 0 Å². The topological polar surface area (TPSA) is 59.3 Å². The van der Waals surface area contributed by atoms with Gasteiger partial charge in [-0.05, 0) is 24.1 Å². The van der Waals surface area contributed by atoms with Crippen LogP contribution < -0.4 is 5.43 Å². The van der Waals surface area contributed by atoms with E-state index < -0.39 is 5.91 Å². The van der Waals surface area contributed by atoms with Crippen LogP contribution in [0.3, 0.4) is 0 Å². The molecule has 110 valence electrons. The van der Waals surface area contributed by atoms with Crippen molar-refractivity contribution in [3.63, 3.8) is 0 Å². The zero-order chi connectivity index (χ0) is 15.4. The van der Waals surface area contributed by atoms with Gasteiger partial charge in [-0.2, -0.15) is 10.2 Å². The van der Waals surface area contributed by atoms with E-state index in [4.69, 9.17) is 23.2 Å². The predicted octanol–water partition coefficient (Wildman–Crippen LogP) is 3.05. The molecule has 1 heterocycles. The van der Waals surface area contributed by atoms with Crippen LogP contribution in [-0.4, -0.2) is 21.9 Å². The molecular formula is C14H14Cl2N4O. The van der Waals surface area contributed by atoms with Gasteiger partial charge in [-0.3, -0.25) is 9.48 Å². The predicted molar refractivity (Wildman–Crippen MR) is 84.1 cm³/mol. The zero-order valence-electron chi connectivity index (χ0n) is 11.6. The smallest absolute Gasteiger partial charge is 0.266 e. The van der Waals surface area contributed by atoms with E-state index in [1.54, 1.807) is 31.3 Å². The van der Waals surface area contributed by atoms with Gasteiger partial charge in [-0.1, -0.05) is 42.3 Å². The molecule has 0 spiro atoms. The molecule has 1 aromatic heterocycles. The maximum Gasteiger partial charge on any atom is 0.291 e. The van der Waals surface area contributed by atoms with E-state index in [-0.39, 0.29) is 0 Å². The molecule has 0 atom stereocenters. The molecule has 2 aromatic rings. The van der Waals surface area contributed by atoms with Crippen LogP contribution in [0.15, 0.2) is 29.4 Å². The van der Waals surface area contributed by atoms with Crippen LogP contribution >= 0.6 is 23.2 Å². The summed E-state index contributed by atoms with van der Waals surface area (Å²) >= 11 is 11.9. The van der Waals surface area contributed by atoms with Gasteiger partial charge in [0.25, 0.3) is 5.91 Å². The Labute approximate surface area is 132 Å². The Bertz CT molecular complexity index is 677. The Morgan fingerprint density at radius 3 is 2.62 bits per heavy atom. The van der Waals surface area contributed by atoms with Gasteiger partial charge in [0.1, 0.15) is 5.69 Å². The van der Waals surface area contributed by atoms with Crippen molar-refractivity contribution >= 4 is 35.3 Å². The maximum absolute atomic E-state index is 12.1. The second kappa shape index (κ2) is 6.74. The van der Waals surface area contributed by atoms with Crippen LogP contribution in [0.25, 0.3) is 0 Å². The summed E-state index contributed by atoms with van der Waals surface area (Å²) in [5.74, 6) is -0.403. The van der Waals surface area contributed by atoms with Gasteiger partial charge in [-0.15, -0.1) is 0 Å². The summed E-state index contributed by atoms with van der Waals surface area (Å²) < 4.78 is 1.45. The minimum atomic E-state index is -0.403. The number of benzene rings is 1. The summed E-state index contributed by atoms with van der Waals surface area (Å²) in [4.78, 5) is 12.1. The monoisotopic (exact) mass is 324 g/mol. The lowest BCUT2D eigenvalue weighted by Crippen LogP contribution is -2.21. The summed E-state index contributed by atoms with van der Waals surface area (Å²) in [7, 11) is 1.67. The van der Waals surface area contributed by atoms with Crippen LogP contribution in [0.4, 0.5) is 0 Å². The number of carbonyl (C=O) groups is 1. The van der Waals surface area contributed by atoms with Crippen molar-refractivity contribution in [2.75, 3.05) is 0 Å². The van der Waals surface area contributed by atoms with Crippen molar-refractivity contribution in [1.29, 1.82) is 0 Å². The van der Waals surface area contributed by atoms with Crippen molar-refractivity contribution in [3.8, 4) is 0 Å². The fourth-order valence-electron chi connectivity index (χ4n) is 1.79. The molecule has 1 aromatic carbocycles. The summed E-state index contributed by atoms with van der Waals surface area (Å²) in [5, 5.41) is 9.08. The third-order valence-electron chi connectivity index (χ3n) is 2.86. The van der Waals surface area contributed by atoms with E-state index in [0.717, 1.165) is 5.56 Å². The van der Waals surface area contributed by atoms with E-state index in [0.29, 0.717) is 27.9 Å². The molecule has 5 nitrogen and oxygen atoms in total. The molecule has 0 saturated heterocycles. The Morgan fingerprint density at radius 2 is 2.05 bits per heavy atom. The van der Waals surface area contributed by atoms with E-state index in [2.05, 4.69) is 15.6 Å². The van der Waals surface area contributed by atoms with Gasteiger partial charge in [0.05, 0.1) is 16.9 Å². The number of halogens is 2. The Hall–Kier alpha value is -1.85. The first kappa shape index (κ1) is 15.5. The number of hydrogen-bond donors (Lipinski definition) is 1. The second-order valence-electron chi connectivity index (χ2n) is 4.34. The van der Waals surface area contributed by atoms with Gasteiger partial charge in [-0.25, -0.2) is 5.43 Å². The Morgan fingerprint density at radius 1 is 1.38 bits per heavy atom. The Kier molecular flexibility index (Phi) is 4.98. The number of rotatable bonds is 4. The molecular weight excluding hydrogens is 311 g/mol. The lowest BCUT2D eigenvalue weighted by molar-refractivity contribution is 0.0946. The molecule has 0 aliphatic carbocycles. The van der Waals surface area contributed by atoms with E-state index in [1.165, 1.54) is 10.9 Å². The molecule has 21 heavy (non-hydrogen) atoms. The molecule has 0 aliphatic heterocycles. The van der Waals surface area contributed by atoms with Crippen LogP contribution in [0.5, 0.6) is 0 Å². The standard InChI is InChI=1S/C14H14Cl2N4O/c1-3-11-12(16)13(20(2)19-11)14(21)18-17-8-9-4-6-10(15)7-5-9/h4-8H,3H2,1-2H3,(H,18,21)/b17-8-. The van der Waals surface area contributed by atoms with Crippen molar-refractivity contribution < 1.29 is 4.79 Å². The van der Waals surface area contributed by atoms with E-state index in [1.807, 2.05) is 6.92 Å². The average Bonchev–Trinajstić information content (AvgIpc) is 2.75. The molecule has 0 aliphatic rings. The number of nitrogens with zero attached hydrogens (tertiary/aromatic N) is 3. The summed E-state index contributed by atoms with van der Waals surface area (Å²) in [5.41, 5.74) is 4.24. The first-order chi connectivity index (χ1) is 10.0. The molecule has 1 amide bonds. The highest BCUT2D eigenvalue weighted by molar-refractivity contribution is 6.34. The van der Waals surface area contributed by atoms with Crippen molar-refractivity contribution in [2.45, 2.75) is 13.3 Å². The molecule has 2 rings (SSSR count). The lowest BCUT2D eigenvalue weighted by Gasteiger charge is -2.00. The normalized spacial score (nSPS) is 11.0. The third kappa shape index (κ3) is 3.62. The average molecular weight is 325 g/mol. The number of aromatic nitrogens is 2. The largest absolute Gasteiger partial charge is 0.291 e. The van der Waals surface area contributed by atoms with Gasteiger partial charge in [0.2, 0.25) is 0 Å². The third-order valence-corrected chi connectivity index (χ3v) is 3.50. The molecule has 0 saturated carbocycles. The minimum absolute atomic E-state index is 0.293. The number of amides is 1. The first-order valence-corrected chi connectivity index (χ1v) is 7.08. The Balaban J connectivity index is 2.08. The highest BCUT2D eigenvalue weighted by atomic mass is 35.5. The van der Waals surface area contributed by atoms with E-state index in [9.17, 15) is 4.79 Å². The number of hydrogen-bond acceptors (Lipinski definition) is 3. The summed E-state index contributed by atoms with van der Waals surface area (Å²) in [6, 6.07) is 7.08. The van der Waals surface area contributed by atoms with Crippen LogP contribution in [0.1, 0.15) is 28.7 Å². The fraction of sp³-hybridized carbons (Fsp3) is 0.214. The highest BCUT2D eigenvalue weighted by Gasteiger charge is 2.19. The zero-order valence-corrected chi connectivity index (χ0v) is 13.1. The summed E-state index contributed by atoms with van der Waals surface area (Å²) in [6.45, 7) is 1.93. The molecule has 0 radical (unpaired) electrons. The van der Waals surface area contributed by atoms with Gasteiger partial charge < -0.3 is 0 Å². The molecule has 0 bridgehead atoms. The molecule has 1 N–H and O–H groups in total. The number of nitrogens with one attached hydrogen (secondary N) is 1. The highest BCUT2D eigenvalue weighted by Crippen LogP contribution is 2.20. The van der Waals surface area contributed by atoms with Crippen molar-refractivity contribution in [3.05, 3.63) is 51.3 Å². The SMILES string of the molecule is CCc1nn(C)c(C(=O)N/N=C\c2ccc(Cl)cc2)c1Cl. The van der Waals surface area contributed by atoms with Crippen molar-refractivity contribution in [1.82, 2.24) is 15.2 Å². The maximum atomic E-state index is 12.1. The van der Waals surface area contributed by atoms with Crippen LogP contribution in [-0.2, 0) is 13.5 Å². The van der Waals surface area contributed by atoms with Crippen molar-refractivity contribution in [2.24, 2.45) is 12.1 Å². The molecule has 7 heteroatoms. The summed E-state index contributed by atoms with van der Waals surface area (Å²) in [6.07, 6.45) is 2.19. The molecule has 0 fully saturated rings. The second-order valence-corrected chi connectivity index (χ2v) is 5.15. The van der Waals surface area contributed by atoms with Crippen LogP contribution in [0.2, 0.25) is 10.0 Å². The number of carbonyl (C=O) groups excluding carboxylic acids is 1. The quantitative estimate of drug-likeness (QED) is 0.694. The van der Waals surface area contributed by atoms with Gasteiger partial charge >= 0.3 is 0 Å².